The average Bonchev–Trinajstić information content (AvgIpc) is 2.06. The summed E-state index contributed by atoms with van der Waals surface area (Å²) in [5, 5.41) is 0. The number of benzene rings is 1. The SMILES string of the molecule is NCc1ccc(F)c(OC(F)(F)F)c1. The molecule has 0 aromatic heterocycles. The summed E-state index contributed by atoms with van der Waals surface area (Å²) in [6.07, 6.45) is -4.89. The molecule has 1 aromatic carbocycles. The highest BCUT2D eigenvalue weighted by Gasteiger charge is 2.32. The Bertz CT molecular complexity index is 324. The molecule has 0 aliphatic heterocycles. The van der Waals surface area contributed by atoms with Gasteiger partial charge in [-0.25, -0.2) is 4.39 Å². The van der Waals surface area contributed by atoms with Crippen LogP contribution in [0.2, 0.25) is 0 Å². The Labute approximate surface area is 77.3 Å². The molecule has 1 rings (SSSR count). The summed E-state index contributed by atoms with van der Waals surface area (Å²) in [5.41, 5.74) is 5.54. The number of hydrogen-bond donors (Lipinski definition) is 1. The van der Waals surface area contributed by atoms with Gasteiger partial charge in [-0.05, 0) is 17.7 Å². The van der Waals surface area contributed by atoms with Crippen molar-refractivity contribution in [1.29, 1.82) is 0 Å². The van der Waals surface area contributed by atoms with E-state index >= 15 is 0 Å². The van der Waals surface area contributed by atoms with Gasteiger partial charge in [0, 0.05) is 6.54 Å². The smallest absolute Gasteiger partial charge is 0.403 e. The third kappa shape index (κ3) is 2.88. The van der Waals surface area contributed by atoms with Crippen molar-refractivity contribution >= 4 is 0 Å². The van der Waals surface area contributed by atoms with Gasteiger partial charge in [-0.1, -0.05) is 6.07 Å². The lowest BCUT2D eigenvalue weighted by atomic mass is 10.2. The van der Waals surface area contributed by atoms with E-state index in [1.807, 2.05) is 0 Å². The van der Waals surface area contributed by atoms with E-state index in [4.69, 9.17) is 5.73 Å². The van der Waals surface area contributed by atoms with Crippen molar-refractivity contribution in [3.63, 3.8) is 0 Å². The summed E-state index contributed by atoms with van der Waals surface area (Å²) in [6.45, 7) is 0.0223. The third-order valence-electron chi connectivity index (χ3n) is 1.46. The van der Waals surface area contributed by atoms with Crippen LogP contribution in [0, 0.1) is 5.82 Å². The quantitative estimate of drug-likeness (QED) is 0.757. The van der Waals surface area contributed by atoms with E-state index in [2.05, 4.69) is 4.74 Å². The summed E-state index contributed by atoms with van der Waals surface area (Å²) in [7, 11) is 0. The molecule has 0 aliphatic rings. The van der Waals surface area contributed by atoms with E-state index in [0.717, 1.165) is 12.1 Å². The molecule has 0 radical (unpaired) electrons. The van der Waals surface area contributed by atoms with Gasteiger partial charge in [0.05, 0.1) is 0 Å². The highest BCUT2D eigenvalue weighted by atomic mass is 19.4. The maximum atomic E-state index is 12.8. The van der Waals surface area contributed by atoms with Crippen LogP contribution in [0.3, 0.4) is 0 Å². The van der Waals surface area contributed by atoms with Gasteiger partial charge in [-0.3, -0.25) is 0 Å². The zero-order valence-corrected chi connectivity index (χ0v) is 6.94. The molecule has 6 heteroatoms. The predicted molar refractivity (Wildman–Crippen MR) is 41.0 cm³/mol. The minimum absolute atomic E-state index is 0.0223. The summed E-state index contributed by atoms with van der Waals surface area (Å²) in [4.78, 5) is 0. The van der Waals surface area contributed by atoms with Gasteiger partial charge in [0.2, 0.25) is 0 Å². The van der Waals surface area contributed by atoms with Crippen LogP contribution in [0.4, 0.5) is 17.6 Å². The van der Waals surface area contributed by atoms with Crippen LogP contribution in [-0.4, -0.2) is 6.36 Å². The lowest BCUT2D eigenvalue weighted by Crippen LogP contribution is -2.18. The topological polar surface area (TPSA) is 35.2 Å². The molecule has 0 heterocycles. The summed E-state index contributed by atoms with van der Waals surface area (Å²) < 4.78 is 51.4. The Balaban J connectivity index is 2.95. The second-order valence-corrected chi connectivity index (χ2v) is 2.52. The summed E-state index contributed by atoms with van der Waals surface area (Å²) in [5.74, 6) is -1.93. The van der Waals surface area contributed by atoms with Crippen LogP contribution in [0.25, 0.3) is 0 Å². The maximum Gasteiger partial charge on any atom is 0.573 e. The largest absolute Gasteiger partial charge is 0.573 e. The summed E-state index contributed by atoms with van der Waals surface area (Å²) >= 11 is 0. The molecule has 78 valence electrons. The van der Waals surface area contributed by atoms with Crippen LogP contribution in [0.1, 0.15) is 5.56 Å². The van der Waals surface area contributed by atoms with Crippen molar-refractivity contribution in [3.8, 4) is 5.75 Å². The second-order valence-electron chi connectivity index (χ2n) is 2.52. The zero-order chi connectivity index (χ0) is 10.8. The summed E-state index contributed by atoms with van der Waals surface area (Å²) in [6, 6.07) is 3.09. The first-order chi connectivity index (χ1) is 6.42. The fraction of sp³-hybridized carbons (Fsp3) is 0.250. The van der Waals surface area contributed by atoms with E-state index in [1.165, 1.54) is 6.07 Å². The molecule has 0 spiro atoms. The van der Waals surface area contributed by atoms with Gasteiger partial charge in [0.25, 0.3) is 0 Å². The first kappa shape index (κ1) is 10.8. The van der Waals surface area contributed by atoms with Crippen molar-refractivity contribution in [1.82, 2.24) is 0 Å². The number of rotatable bonds is 2. The van der Waals surface area contributed by atoms with Crippen molar-refractivity contribution in [3.05, 3.63) is 29.6 Å². The van der Waals surface area contributed by atoms with E-state index in [0.29, 0.717) is 5.56 Å². The predicted octanol–water partition coefficient (Wildman–Crippen LogP) is 2.18. The minimum atomic E-state index is -4.89. The Morgan fingerprint density at radius 1 is 1.29 bits per heavy atom. The Hall–Kier alpha value is -1.30. The highest BCUT2D eigenvalue weighted by molar-refractivity contribution is 5.30. The van der Waals surface area contributed by atoms with Gasteiger partial charge in [0.15, 0.2) is 11.6 Å². The molecule has 2 nitrogen and oxygen atoms in total. The third-order valence-corrected chi connectivity index (χ3v) is 1.46. The molecule has 0 saturated carbocycles. The molecule has 0 aliphatic carbocycles. The number of ether oxygens (including phenoxy) is 1. The van der Waals surface area contributed by atoms with Crippen molar-refractivity contribution in [2.75, 3.05) is 0 Å². The minimum Gasteiger partial charge on any atom is -0.403 e. The zero-order valence-electron chi connectivity index (χ0n) is 6.94. The lowest BCUT2D eigenvalue weighted by molar-refractivity contribution is -0.275. The molecule has 1 aromatic rings. The van der Waals surface area contributed by atoms with Crippen LogP contribution < -0.4 is 10.5 Å². The van der Waals surface area contributed by atoms with E-state index in [-0.39, 0.29) is 6.54 Å². The van der Waals surface area contributed by atoms with Crippen LogP contribution in [0.15, 0.2) is 18.2 Å². The number of hydrogen-bond acceptors (Lipinski definition) is 2. The van der Waals surface area contributed by atoms with Gasteiger partial charge < -0.3 is 10.5 Å². The van der Waals surface area contributed by atoms with Gasteiger partial charge in [-0.2, -0.15) is 0 Å². The molecule has 0 saturated heterocycles. The fourth-order valence-corrected chi connectivity index (χ4v) is 0.878. The van der Waals surface area contributed by atoms with Gasteiger partial charge in [0.1, 0.15) is 0 Å². The van der Waals surface area contributed by atoms with Gasteiger partial charge in [-0.15, -0.1) is 13.2 Å². The van der Waals surface area contributed by atoms with E-state index in [9.17, 15) is 17.6 Å². The molecular weight excluding hydrogens is 202 g/mol. The first-order valence-corrected chi connectivity index (χ1v) is 3.66. The molecule has 14 heavy (non-hydrogen) atoms. The standard InChI is InChI=1S/C8H7F4NO/c9-6-2-1-5(4-13)3-7(6)14-8(10,11)12/h1-3H,4,13H2. The molecule has 0 bridgehead atoms. The van der Waals surface area contributed by atoms with Crippen molar-refractivity contribution in [2.45, 2.75) is 12.9 Å². The molecule has 0 fully saturated rings. The fourth-order valence-electron chi connectivity index (χ4n) is 0.878. The van der Waals surface area contributed by atoms with Crippen LogP contribution in [0.5, 0.6) is 5.75 Å². The molecule has 0 atom stereocenters. The molecule has 2 N–H and O–H groups in total. The van der Waals surface area contributed by atoms with Gasteiger partial charge >= 0.3 is 6.36 Å². The van der Waals surface area contributed by atoms with E-state index in [1.54, 1.807) is 0 Å². The number of halogens is 4. The molecule has 0 unspecified atom stereocenters. The normalized spacial score (nSPS) is 11.5. The van der Waals surface area contributed by atoms with E-state index < -0.39 is 17.9 Å². The average molecular weight is 209 g/mol. The Morgan fingerprint density at radius 3 is 2.43 bits per heavy atom. The second kappa shape index (κ2) is 3.83. The number of alkyl halides is 3. The van der Waals surface area contributed by atoms with Crippen LogP contribution in [-0.2, 0) is 6.54 Å². The highest BCUT2D eigenvalue weighted by Crippen LogP contribution is 2.26. The lowest BCUT2D eigenvalue weighted by Gasteiger charge is -2.10. The Morgan fingerprint density at radius 2 is 1.93 bits per heavy atom. The van der Waals surface area contributed by atoms with Crippen molar-refractivity contribution < 1.29 is 22.3 Å². The Kier molecular flexibility index (Phi) is 2.95. The monoisotopic (exact) mass is 209 g/mol. The maximum absolute atomic E-state index is 12.8. The number of nitrogens with two attached hydrogens (primary N) is 1. The van der Waals surface area contributed by atoms with Crippen LogP contribution >= 0.6 is 0 Å². The first-order valence-electron chi connectivity index (χ1n) is 3.66. The molecular formula is C8H7F4NO. The van der Waals surface area contributed by atoms with Crippen molar-refractivity contribution in [2.24, 2.45) is 5.73 Å². The molecule has 0 amide bonds.